The highest BCUT2D eigenvalue weighted by atomic mass is 35.7. The SMILES string of the molecule is C=CCOc1c(C)cc(C)cc1S(=O)(=O)Cl. The highest BCUT2D eigenvalue weighted by molar-refractivity contribution is 8.13. The van der Waals surface area contributed by atoms with Crippen molar-refractivity contribution in [3.63, 3.8) is 0 Å². The summed E-state index contributed by atoms with van der Waals surface area (Å²) < 4.78 is 28.1. The molecule has 5 heteroatoms. The van der Waals surface area contributed by atoms with Gasteiger partial charge in [0.05, 0.1) is 0 Å². The summed E-state index contributed by atoms with van der Waals surface area (Å²) in [6.07, 6.45) is 1.55. The Morgan fingerprint density at radius 1 is 1.44 bits per heavy atom. The summed E-state index contributed by atoms with van der Waals surface area (Å²) in [5.41, 5.74) is 1.56. The van der Waals surface area contributed by atoms with Crippen LogP contribution in [0.1, 0.15) is 11.1 Å². The van der Waals surface area contributed by atoms with E-state index in [-0.39, 0.29) is 11.5 Å². The lowest BCUT2D eigenvalue weighted by atomic mass is 10.1. The maximum atomic E-state index is 11.4. The highest BCUT2D eigenvalue weighted by Gasteiger charge is 2.19. The molecule has 0 saturated carbocycles. The zero-order chi connectivity index (χ0) is 12.3. The summed E-state index contributed by atoms with van der Waals surface area (Å²) in [7, 11) is 1.56. The van der Waals surface area contributed by atoms with Gasteiger partial charge in [-0.2, -0.15) is 0 Å². The maximum absolute atomic E-state index is 11.4. The van der Waals surface area contributed by atoms with E-state index in [1.807, 2.05) is 6.07 Å². The lowest BCUT2D eigenvalue weighted by molar-refractivity contribution is 0.351. The van der Waals surface area contributed by atoms with Gasteiger partial charge in [0.2, 0.25) is 0 Å². The Labute approximate surface area is 100 Å². The van der Waals surface area contributed by atoms with Gasteiger partial charge in [0.25, 0.3) is 9.05 Å². The van der Waals surface area contributed by atoms with Crippen LogP contribution in [0.2, 0.25) is 0 Å². The first-order valence-electron chi connectivity index (χ1n) is 4.66. The van der Waals surface area contributed by atoms with Crippen LogP contribution in [0.3, 0.4) is 0 Å². The molecule has 0 aliphatic carbocycles. The molecule has 0 saturated heterocycles. The number of ether oxygens (including phenoxy) is 1. The predicted octanol–water partition coefficient (Wildman–Crippen LogP) is 2.80. The van der Waals surface area contributed by atoms with Crippen molar-refractivity contribution in [3.05, 3.63) is 35.9 Å². The molecule has 0 fully saturated rings. The molecular weight excluding hydrogens is 248 g/mol. The molecule has 0 atom stereocenters. The van der Waals surface area contributed by atoms with Gasteiger partial charge < -0.3 is 4.74 Å². The molecule has 16 heavy (non-hydrogen) atoms. The summed E-state index contributed by atoms with van der Waals surface area (Å²) in [6, 6.07) is 3.33. The number of hydrogen-bond donors (Lipinski definition) is 0. The topological polar surface area (TPSA) is 43.4 Å². The first-order chi connectivity index (χ1) is 7.36. The zero-order valence-electron chi connectivity index (χ0n) is 9.16. The average Bonchev–Trinajstić information content (AvgIpc) is 2.14. The van der Waals surface area contributed by atoms with Crippen molar-refractivity contribution in [1.82, 2.24) is 0 Å². The van der Waals surface area contributed by atoms with Crippen molar-refractivity contribution >= 4 is 19.7 Å². The van der Waals surface area contributed by atoms with Crippen molar-refractivity contribution in [2.24, 2.45) is 0 Å². The average molecular weight is 261 g/mol. The van der Waals surface area contributed by atoms with Crippen molar-refractivity contribution in [1.29, 1.82) is 0 Å². The van der Waals surface area contributed by atoms with Crippen LogP contribution in [-0.4, -0.2) is 15.0 Å². The molecule has 3 nitrogen and oxygen atoms in total. The van der Waals surface area contributed by atoms with Crippen LogP contribution in [-0.2, 0) is 9.05 Å². The quantitative estimate of drug-likeness (QED) is 0.618. The molecule has 0 N–H and O–H groups in total. The number of rotatable bonds is 4. The van der Waals surface area contributed by atoms with E-state index in [0.717, 1.165) is 11.1 Å². The van der Waals surface area contributed by atoms with E-state index in [1.165, 1.54) is 6.07 Å². The van der Waals surface area contributed by atoms with Gasteiger partial charge >= 0.3 is 0 Å². The Kier molecular flexibility index (Phi) is 3.99. The predicted molar refractivity (Wildman–Crippen MR) is 64.6 cm³/mol. The van der Waals surface area contributed by atoms with Crippen LogP contribution in [0.15, 0.2) is 29.7 Å². The smallest absolute Gasteiger partial charge is 0.265 e. The van der Waals surface area contributed by atoms with Gasteiger partial charge in [-0.05, 0) is 31.0 Å². The highest BCUT2D eigenvalue weighted by Crippen LogP contribution is 2.31. The molecule has 0 aromatic heterocycles. The van der Waals surface area contributed by atoms with E-state index in [0.29, 0.717) is 5.75 Å². The Morgan fingerprint density at radius 3 is 2.56 bits per heavy atom. The fraction of sp³-hybridized carbons (Fsp3) is 0.273. The fourth-order valence-electron chi connectivity index (χ4n) is 1.42. The first kappa shape index (κ1) is 13.1. The first-order valence-corrected chi connectivity index (χ1v) is 6.97. The molecule has 1 rings (SSSR count). The van der Waals surface area contributed by atoms with Crippen molar-refractivity contribution < 1.29 is 13.2 Å². The number of hydrogen-bond acceptors (Lipinski definition) is 3. The molecule has 1 aromatic rings. The molecular formula is C11H13ClO3S. The van der Waals surface area contributed by atoms with Gasteiger partial charge in [0, 0.05) is 10.7 Å². The second-order valence-corrected chi connectivity index (χ2v) is 5.98. The second kappa shape index (κ2) is 4.89. The van der Waals surface area contributed by atoms with Gasteiger partial charge in [-0.1, -0.05) is 18.7 Å². The molecule has 0 aliphatic heterocycles. The van der Waals surface area contributed by atoms with Crippen molar-refractivity contribution in [3.8, 4) is 5.75 Å². The Hall–Kier alpha value is -1.00. The largest absolute Gasteiger partial charge is 0.488 e. The molecule has 0 radical (unpaired) electrons. The number of halogens is 1. The van der Waals surface area contributed by atoms with E-state index < -0.39 is 9.05 Å². The summed E-state index contributed by atoms with van der Waals surface area (Å²) in [4.78, 5) is 0.00789. The Morgan fingerprint density at radius 2 is 2.06 bits per heavy atom. The van der Waals surface area contributed by atoms with E-state index in [1.54, 1.807) is 19.9 Å². The maximum Gasteiger partial charge on any atom is 0.265 e. The summed E-state index contributed by atoms with van der Waals surface area (Å²) in [6.45, 7) is 7.32. The monoisotopic (exact) mass is 260 g/mol. The normalized spacial score (nSPS) is 11.2. The lowest BCUT2D eigenvalue weighted by Crippen LogP contribution is -2.02. The van der Waals surface area contributed by atoms with Gasteiger partial charge in [-0.15, -0.1) is 0 Å². The van der Waals surface area contributed by atoms with E-state index in [9.17, 15) is 8.42 Å². The lowest BCUT2D eigenvalue weighted by Gasteiger charge is -2.12. The second-order valence-electron chi connectivity index (χ2n) is 3.45. The van der Waals surface area contributed by atoms with E-state index >= 15 is 0 Å². The molecule has 0 aliphatic rings. The molecule has 88 valence electrons. The van der Waals surface area contributed by atoms with Gasteiger partial charge in [0.1, 0.15) is 17.3 Å². The minimum atomic E-state index is -3.80. The van der Waals surface area contributed by atoms with Gasteiger partial charge in [-0.25, -0.2) is 8.42 Å². The molecule has 0 heterocycles. The summed E-state index contributed by atoms with van der Waals surface area (Å²) in [5.74, 6) is 0.292. The van der Waals surface area contributed by atoms with E-state index in [4.69, 9.17) is 15.4 Å². The summed E-state index contributed by atoms with van der Waals surface area (Å²) in [5, 5.41) is 0. The van der Waals surface area contributed by atoms with Crippen molar-refractivity contribution in [2.75, 3.05) is 6.61 Å². The Bertz CT molecular complexity index is 506. The number of benzene rings is 1. The van der Waals surface area contributed by atoms with Crippen LogP contribution >= 0.6 is 10.7 Å². The fourth-order valence-corrected chi connectivity index (χ4v) is 2.54. The zero-order valence-corrected chi connectivity index (χ0v) is 10.7. The molecule has 0 amide bonds. The van der Waals surface area contributed by atoms with E-state index in [2.05, 4.69) is 6.58 Å². The minimum absolute atomic E-state index is 0.00789. The third-order valence-electron chi connectivity index (χ3n) is 1.99. The molecule has 0 unspecified atom stereocenters. The standard InChI is InChI=1S/C11H13ClO3S/c1-4-5-15-11-9(3)6-8(2)7-10(11)16(12,13)14/h4,6-7H,1,5H2,2-3H3. The molecule has 0 bridgehead atoms. The van der Waals surface area contributed by atoms with Crippen LogP contribution in [0.5, 0.6) is 5.75 Å². The van der Waals surface area contributed by atoms with Crippen LogP contribution in [0.25, 0.3) is 0 Å². The summed E-state index contributed by atoms with van der Waals surface area (Å²) >= 11 is 0. The number of aryl methyl sites for hydroxylation is 2. The third kappa shape index (κ3) is 3.00. The van der Waals surface area contributed by atoms with Gasteiger partial charge in [0.15, 0.2) is 0 Å². The van der Waals surface area contributed by atoms with Crippen LogP contribution in [0, 0.1) is 13.8 Å². The molecule has 1 aromatic carbocycles. The van der Waals surface area contributed by atoms with Gasteiger partial charge in [-0.3, -0.25) is 0 Å². The van der Waals surface area contributed by atoms with Crippen LogP contribution < -0.4 is 4.74 Å². The minimum Gasteiger partial charge on any atom is -0.488 e. The molecule has 0 spiro atoms. The van der Waals surface area contributed by atoms with Crippen molar-refractivity contribution in [2.45, 2.75) is 18.7 Å². The third-order valence-corrected chi connectivity index (χ3v) is 3.32. The van der Waals surface area contributed by atoms with Crippen LogP contribution in [0.4, 0.5) is 0 Å². The Balaban J connectivity index is 3.38.